The number of methoxy groups -OCH3 is 2. The Bertz CT molecular complexity index is 456. The maximum absolute atomic E-state index is 12.0. The van der Waals surface area contributed by atoms with Gasteiger partial charge in [-0.1, -0.05) is 0 Å². The topological polar surface area (TPSA) is 54.0 Å². The molecular weight excluding hydrogens is 282 g/mol. The van der Waals surface area contributed by atoms with E-state index >= 15 is 0 Å². The van der Waals surface area contributed by atoms with Crippen molar-refractivity contribution in [3.63, 3.8) is 0 Å². The highest BCUT2D eigenvalue weighted by atomic mass is 16.5. The van der Waals surface area contributed by atoms with Crippen LogP contribution < -0.4 is 15.0 Å². The largest absolute Gasteiger partial charge is 0.497 e. The number of nitrogens with one attached hydrogen (secondary N) is 1. The lowest BCUT2D eigenvalue weighted by molar-refractivity contribution is 0.183. The summed E-state index contributed by atoms with van der Waals surface area (Å²) in [5, 5.41) is 2.93. The number of hydrogen-bond acceptors (Lipinski definition) is 4. The summed E-state index contributed by atoms with van der Waals surface area (Å²) in [6.07, 6.45) is 0.841. The molecule has 0 atom stereocenters. The van der Waals surface area contributed by atoms with E-state index in [1.807, 2.05) is 17.0 Å². The summed E-state index contributed by atoms with van der Waals surface area (Å²) in [5.74, 6) is 0.859. The average molecular weight is 307 g/mol. The van der Waals surface area contributed by atoms with Gasteiger partial charge in [-0.05, 0) is 30.7 Å². The summed E-state index contributed by atoms with van der Waals surface area (Å²) in [5.41, 5.74) is 1.17. The first-order valence-electron chi connectivity index (χ1n) is 7.65. The fourth-order valence-corrected chi connectivity index (χ4v) is 2.48. The molecule has 6 nitrogen and oxygen atoms in total. The van der Waals surface area contributed by atoms with Crippen molar-refractivity contribution in [2.24, 2.45) is 0 Å². The molecule has 1 aliphatic heterocycles. The van der Waals surface area contributed by atoms with E-state index in [0.717, 1.165) is 38.3 Å². The number of amides is 2. The number of anilines is 1. The molecule has 1 aliphatic rings. The lowest BCUT2D eigenvalue weighted by Crippen LogP contribution is -2.52. The van der Waals surface area contributed by atoms with Crippen molar-refractivity contribution in [3.05, 3.63) is 24.3 Å². The number of urea groups is 1. The number of nitrogens with zero attached hydrogens (tertiary/aromatic N) is 2. The Labute approximate surface area is 132 Å². The number of carbonyl (C=O) groups is 1. The Kier molecular flexibility index (Phi) is 6.33. The van der Waals surface area contributed by atoms with Gasteiger partial charge in [-0.2, -0.15) is 0 Å². The first-order valence-corrected chi connectivity index (χ1v) is 7.65. The summed E-state index contributed by atoms with van der Waals surface area (Å²) in [6.45, 7) is 4.50. The Morgan fingerprint density at radius 3 is 2.41 bits per heavy atom. The quantitative estimate of drug-likeness (QED) is 0.811. The third-order valence-corrected chi connectivity index (χ3v) is 3.81. The number of benzene rings is 1. The zero-order valence-corrected chi connectivity index (χ0v) is 13.4. The van der Waals surface area contributed by atoms with Crippen LogP contribution in [0.3, 0.4) is 0 Å². The number of carbonyl (C=O) groups excluding carboxylic acids is 1. The second-order valence-corrected chi connectivity index (χ2v) is 5.25. The van der Waals surface area contributed by atoms with Gasteiger partial charge in [0.05, 0.1) is 7.11 Å². The molecule has 0 spiro atoms. The van der Waals surface area contributed by atoms with E-state index < -0.39 is 0 Å². The predicted molar refractivity (Wildman–Crippen MR) is 86.7 cm³/mol. The molecule has 2 rings (SSSR count). The monoisotopic (exact) mass is 307 g/mol. The molecule has 122 valence electrons. The molecule has 0 bridgehead atoms. The maximum atomic E-state index is 12.0. The number of ether oxygens (including phenoxy) is 2. The van der Waals surface area contributed by atoms with Crippen LogP contribution in [0.2, 0.25) is 0 Å². The van der Waals surface area contributed by atoms with Crippen LogP contribution in [-0.4, -0.2) is 64.5 Å². The van der Waals surface area contributed by atoms with Crippen LogP contribution in [0.25, 0.3) is 0 Å². The SMILES string of the molecule is COCCCNC(=O)N1CCN(c2ccc(OC)cc2)CC1. The van der Waals surface area contributed by atoms with Gasteiger partial charge < -0.3 is 24.6 Å². The normalized spacial score (nSPS) is 14.8. The van der Waals surface area contributed by atoms with Crippen molar-refractivity contribution in [2.75, 3.05) is 58.5 Å². The third kappa shape index (κ3) is 4.53. The summed E-state index contributed by atoms with van der Waals surface area (Å²) in [7, 11) is 3.33. The Hall–Kier alpha value is -1.95. The van der Waals surface area contributed by atoms with Gasteiger partial charge in [0.1, 0.15) is 5.75 Å². The van der Waals surface area contributed by atoms with Gasteiger partial charge in [-0.3, -0.25) is 0 Å². The summed E-state index contributed by atoms with van der Waals surface area (Å²) < 4.78 is 10.1. The Morgan fingerprint density at radius 1 is 1.14 bits per heavy atom. The molecule has 1 aromatic rings. The smallest absolute Gasteiger partial charge is 0.317 e. The van der Waals surface area contributed by atoms with Crippen LogP contribution >= 0.6 is 0 Å². The molecule has 2 amide bonds. The van der Waals surface area contributed by atoms with Crippen molar-refractivity contribution in [3.8, 4) is 5.75 Å². The summed E-state index contributed by atoms with van der Waals surface area (Å²) in [6, 6.07) is 8.05. The van der Waals surface area contributed by atoms with Crippen LogP contribution in [-0.2, 0) is 4.74 Å². The van der Waals surface area contributed by atoms with Crippen molar-refractivity contribution in [1.82, 2.24) is 10.2 Å². The van der Waals surface area contributed by atoms with E-state index in [9.17, 15) is 4.79 Å². The summed E-state index contributed by atoms with van der Waals surface area (Å²) in [4.78, 5) is 16.2. The average Bonchev–Trinajstić information content (AvgIpc) is 2.59. The molecular formula is C16H25N3O3. The molecule has 0 unspecified atom stereocenters. The molecule has 1 N–H and O–H groups in total. The fourth-order valence-electron chi connectivity index (χ4n) is 2.48. The zero-order chi connectivity index (χ0) is 15.8. The van der Waals surface area contributed by atoms with Crippen molar-refractivity contribution in [2.45, 2.75) is 6.42 Å². The molecule has 6 heteroatoms. The van der Waals surface area contributed by atoms with Crippen LogP contribution in [0, 0.1) is 0 Å². The highest BCUT2D eigenvalue weighted by Crippen LogP contribution is 2.20. The second-order valence-electron chi connectivity index (χ2n) is 5.25. The molecule has 0 radical (unpaired) electrons. The fraction of sp³-hybridized carbons (Fsp3) is 0.562. The molecule has 1 aromatic carbocycles. The van der Waals surface area contributed by atoms with Gasteiger partial charge in [0.2, 0.25) is 0 Å². The first kappa shape index (κ1) is 16.4. The van der Waals surface area contributed by atoms with E-state index in [2.05, 4.69) is 22.3 Å². The Morgan fingerprint density at radius 2 is 1.82 bits per heavy atom. The minimum Gasteiger partial charge on any atom is -0.497 e. The third-order valence-electron chi connectivity index (χ3n) is 3.81. The standard InChI is InChI=1S/C16H25N3O3/c1-21-13-3-8-17-16(20)19-11-9-18(10-12-19)14-4-6-15(22-2)7-5-14/h4-7H,3,8-13H2,1-2H3,(H,17,20). The molecule has 0 aromatic heterocycles. The van der Waals surface area contributed by atoms with Crippen molar-refractivity contribution in [1.29, 1.82) is 0 Å². The van der Waals surface area contributed by atoms with Crippen molar-refractivity contribution < 1.29 is 14.3 Å². The minimum absolute atomic E-state index is 0.0190. The van der Waals surface area contributed by atoms with Gasteiger partial charge >= 0.3 is 6.03 Å². The zero-order valence-electron chi connectivity index (χ0n) is 13.4. The van der Waals surface area contributed by atoms with E-state index in [1.165, 1.54) is 5.69 Å². The van der Waals surface area contributed by atoms with E-state index in [4.69, 9.17) is 9.47 Å². The van der Waals surface area contributed by atoms with Gasteiger partial charge in [0.15, 0.2) is 0 Å². The van der Waals surface area contributed by atoms with Gasteiger partial charge in [0, 0.05) is 52.1 Å². The number of rotatable bonds is 6. The molecule has 0 aliphatic carbocycles. The molecule has 0 saturated carbocycles. The maximum Gasteiger partial charge on any atom is 0.317 e. The van der Waals surface area contributed by atoms with E-state index in [0.29, 0.717) is 13.2 Å². The first-order chi connectivity index (χ1) is 10.7. The van der Waals surface area contributed by atoms with E-state index in [1.54, 1.807) is 14.2 Å². The van der Waals surface area contributed by atoms with Crippen molar-refractivity contribution >= 4 is 11.7 Å². The van der Waals surface area contributed by atoms with Crippen LogP contribution in [0.15, 0.2) is 24.3 Å². The molecule has 1 fully saturated rings. The van der Waals surface area contributed by atoms with Gasteiger partial charge in [-0.15, -0.1) is 0 Å². The Balaban J connectivity index is 1.75. The lowest BCUT2D eigenvalue weighted by Gasteiger charge is -2.36. The number of piperazine rings is 1. The minimum atomic E-state index is 0.0190. The highest BCUT2D eigenvalue weighted by molar-refractivity contribution is 5.74. The highest BCUT2D eigenvalue weighted by Gasteiger charge is 2.20. The summed E-state index contributed by atoms with van der Waals surface area (Å²) >= 11 is 0. The number of hydrogen-bond donors (Lipinski definition) is 1. The molecule has 1 heterocycles. The molecule has 22 heavy (non-hydrogen) atoms. The second kappa shape index (κ2) is 8.48. The van der Waals surface area contributed by atoms with Crippen LogP contribution in [0.4, 0.5) is 10.5 Å². The van der Waals surface area contributed by atoms with Gasteiger partial charge in [0.25, 0.3) is 0 Å². The lowest BCUT2D eigenvalue weighted by atomic mass is 10.2. The van der Waals surface area contributed by atoms with Crippen LogP contribution in [0.1, 0.15) is 6.42 Å². The van der Waals surface area contributed by atoms with Crippen LogP contribution in [0.5, 0.6) is 5.75 Å². The van der Waals surface area contributed by atoms with E-state index in [-0.39, 0.29) is 6.03 Å². The predicted octanol–water partition coefficient (Wildman–Crippen LogP) is 1.56. The van der Waals surface area contributed by atoms with Gasteiger partial charge in [-0.25, -0.2) is 4.79 Å². The molecule has 1 saturated heterocycles.